The first-order chi connectivity index (χ1) is 13.1. The molecular weight excluding hydrogens is 558 g/mol. The van der Waals surface area contributed by atoms with Crippen molar-refractivity contribution < 1.29 is 0 Å². The second kappa shape index (κ2) is 18.7. The van der Waals surface area contributed by atoms with E-state index in [0.717, 1.165) is 0 Å². The Hall–Kier alpha value is 1.95. The Morgan fingerprint density at radius 3 is 0.704 bits per heavy atom. The predicted molar refractivity (Wildman–Crippen MR) is 137 cm³/mol. The van der Waals surface area contributed by atoms with Crippen LogP contribution in [0.4, 0.5) is 0 Å². The van der Waals surface area contributed by atoms with E-state index in [9.17, 15) is 0 Å². The van der Waals surface area contributed by atoms with Gasteiger partial charge in [0, 0.05) is 0 Å². The van der Waals surface area contributed by atoms with Gasteiger partial charge in [0.05, 0.1) is 0 Å². The Labute approximate surface area is 183 Å². The Morgan fingerprint density at radius 1 is 0.370 bits per heavy atom. The predicted octanol–water partition coefficient (Wildman–Crippen LogP) is 10.4. The Bertz CT molecular complexity index is 246. The second-order valence-corrected chi connectivity index (χ2v) is 56.5. The van der Waals surface area contributed by atoms with E-state index in [4.69, 9.17) is 0 Å². The average molecular weight is 612 g/mol. The zero-order chi connectivity index (χ0) is 20.4. The summed E-state index contributed by atoms with van der Waals surface area (Å²) in [7, 11) is 0. The quantitative estimate of drug-likeness (QED) is 0.123. The van der Waals surface area contributed by atoms with Gasteiger partial charge in [-0.05, 0) is 0 Å². The van der Waals surface area contributed by atoms with Gasteiger partial charge in [0.25, 0.3) is 0 Å². The van der Waals surface area contributed by atoms with Crippen molar-refractivity contribution in [3.8, 4) is 0 Å². The molecule has 0 nitrogen and oxygen atoms in total. The van der Waals surface area contributed by atoms with Crippen LogP contribution in [0.15, 0.2) is 0 Å². The van der Waals surface area contributed by atoms with Gasteiger partial charge in [-0.3, -0.25) is 0 Å². The molecule has 0 atom stereocenters. The van der Waals surface area contributed by atoms with Crippen molar-refractivity contribution in [2.24, 2.45) is 0 Å². The topological polar surface area (TPSA) is 0 Å². The van der Waals surface area contributed by atoms with Gasteiger partial charge in [-0.15, -0.1) is 0 Å². The van der Waals surface area contributed by atoms with Crippen LogP contribution < -0.4 is 0 Å². The van der Waals surface area contributed by atoms with E-state index in [2.05, 4.69) is 47.7 Å². The van der Waals surface area contributed by atoms with E-state index in [0.29, 0.717) is 0 Å². The minimum absolute atomic E-state index is 1.43. The molecule has 0 radical (unpaired) electrons. The van der Waals surface area contributed by atoms with E-state index in [-0.39, 0.29) is 0 Å². The van der Waals surface area contributed by atoms with Gasteiger partial charge in [0.1, 0.15) is 0 Å². The molecule has 0 bridgehead atoms. The summed E-state index contributed by atoms with van der Waals surface area (Å²) in [6.07, 6.45) is 20.8. The van der Waals surface area contributed by atoms with Crippen molar-refractivity contribution in [1.82, 2.24) is 0 Å². The van der Waals surface area contributed by atoms with Crippen molar-refractivity contribution in [1.29, 1.82) is 0 Å². The molecule has 3 heteroatoms. The van der Waals surface area contributed by atoms with Crippen LogP contribution in [0, 0.1) is 0 Å². The molecule has 0 aromatic heterocycles. The van der Waals surface area contributed by atoms with E-state index in [1.807, 2.05) is 0 Å². The normalized spacial score (nSPS) is 12.7. The fourth-order valence-electron chi connectivity index (χ4n) is 4.51. The minimum atomic E-state index is -2.05. The first-order valence-electron chi connectivity index (χ1n) is 12.8. The third kappa shape index (κ3) is 13.1. The van der Waals surface area contributed by atoms with Crippen molar-refractivity contribution in [2.45, 2.75) is 145 Å². The van der Waals surface area contributed by atoms with Crippen LogP contribution >= 0.6 is 6.13 Å². The molecule has 0 rings (SSSR count). The first kappa shape index (κ1) is 28.9. The van der Waals surface area contributed by atoms with Gasteiger partial charge in [-0.2, -0.15) is 0 Å². The Kier molecular flexibility index (Phi) is 20.0. The molecule has 0 saturated heterocycles. The molecule has 0 spiro atoms. The Balaban J connectivity index is 5.66. The zero-order valence-electron chi connectivity index (χ0n) is 20.1. The molecule has 164 valence electrons. The van der Waals surface area contributed by atoms with E-state index in [1.165, 1.54) is 38.5 Å². The van der Waals surface area contributed by atoms with Crippen LogP contribution in [0.1, 0.15) is 119 Å². The van der Waals surface area contributed by atoms with Crippen LogP contribution in [0.3, 0.4) is 0 Å². The Morgan fingerprint density at radius 2 is 0.556 bits per heavy atom. The standard InChI is InChI=1S/6C4H9.S.2Sn/c6*1-3-4-2;;;/h6*1,3-4H2,2H3;;;. The molecule has 0 aliphatic rings. The molecule has 27 heavy (non-hydrogen) atoms. The summed E-state index contributed by atoms with van der Waals surface area (Å²) < 4.78 is 10.3. The van der Waals surface area contributed by atoms with Crippen LogP contribution in [0.2, 0.25) is 26.6 Å². The first-order valence-corrected chi connectivity index (χ1v) is 32.7. The van der Waals surface area contributed by atoms with Gasteiger partial charge >= 0.3 is 185 Å². The number of unbranched alkanes of at least 4 members (excludes halogenated alkanes) is 6. The monoisotopic (exact) mass is 614 g/mol. The molecule has 0 unspecified atom stereocenters. The SMILES string of the molecule is CCC[CH2][Sn]([CH2]CCC)([CH2]CCC)[S][Sn]([CH2]CCC)([CH2]CCC)[CH2]CCC. The third-order valence-corrected chi connectivity index (χ3v) is 94.2. The summed E-state index contributed by atoms with van der Waals surface area (Å²) >= 11 is -4.09. The van der Waals surface area contributed by atoms with E-state index < -0.39 is 34.0 Å². The summed E-state index contributed by atoms with van der Waals surface area (Å²) in [6.45, 7) is 14.6. The van der Waals surface area contributed by atoms with Crippen molar-refractivity contribution in [3.63, 3.8) is 0 Å². The van der Waals surface area contributed by atoms with Gasteiger partial charge in [0.15, 0.2) is 0 Å². The molecular formula is C24H54SSn2. The van der Waals surface area contributed by atoms with E-state index in [1.54, 1.807) is 65.1 Å². The second-order valence-electron chi connectivity index (χ2n) is 9.09. The molecule has 0 aromatic rings. The third-order valence-electron chi connectivity index (χ3n) is 6.35. The van der Waals surface area contributed by atoms with Crippen molar-refractivity contribution >= 4 is 40.1 Å². The van der Waals surface area contributed by atoms with Gasteiger partial charge in [0.2, 0.25) is 0 Å². The molecule has 0 N–H and O–H groups in total. The van der Waals surface area contributed by atoms with Crippen LogP contribution in [0.25, 0.3) is 0 Å². The van der Waals surface area contributed by atoms with Crippen molar-refractivity contribution in [3.05, 3.63) is 0 Å². The number of rotatable bonds is 20. The number of hydrogen-bond donors (Lipinski definition) is 0. The fourth-order valence-corrected chi connectivity index (χ4v) is 134. The summed E-state index contributed by atoms with van der Waals surface area (Å²) in [6, 6.07) is 0. The summed E-state index contributed by atoms with van der Waals surface area (Å²) in [5.41, 5.74) is 0. The van der Waals surface area contributed by atoms with Crippen LogP contribution in [0.5, 0.6) is 0 Å². The zero-order valence-corrected chi connectivity index (χ0v) is 26.7. The number of hydrogen-bond acceptors (Lipinski definition) is 1. The molecule has 0 amide bonds. The summed E-state index contributed by atoms with van der Waals surface area (Å²) in [5.74, 6) is 0. The molecule has 0 aromatic carbocycles. The van der Waals surface area contributed by atoms with E-state index >= 15 is 0 Å². The molecule has 0 fully saturated rings. The van der Waals surface area contributed by atoms with Gasteiger partial charge < -0.3 is 0 Å². The maximum absolute atomic E-state index is 2.94. The summed E-state index contributed by atoms with van der Waals surface area (Å²) in [5, 5.41) is 0. The summed E-state index contributed by atoms with van der Waals surface area (Å²) in [4.78, 5) is 0. The fraction of sp³-hybridized carbons (Fsp3) is 1.00. The van der Waals surface area contributed by atoms with Gasteiger partial charge in [-0.25, -0.2) is 0 Å². The van der Waals surface area contributed by atoms with Crippen molar-refractivity contribution in [2.75, 3.05) is 0 Å². The molecule has 0 aliphatic heterocycles. The molecule has 0 heterocycles. The molecule has 0 aliphatic carbocycles. The van der Waals surface area contributed by atoms with Crippen LogP contribution in [-0.4, -0.2) is 34.0 Å². The van der Waals surface area contributed by atoms with Crippen LogP contribution in [-0.2, 0) is 0 Å². The average Bonchev–Trinajstić information content (AvgIpc) is 2.70. The molecule has 0 saturated carbocycles. The maximum atomic E-state index is 2.94. The van der Waals surface area contributed by atoms with Gasteiger partial charge in [-0.1, -0.05) is 0 Å².